The van der Waals surface area contributed by atoms with E-state index in [4.69, 9.17) is 0 Å². The minimum absolute atomic E-state index is 0.0203. The first-order valence-corrected chi connectivity index (χ1v) is 4.72. The van der Waals surface area contributed by atoms with Crippen LogP contribution in [-0.4, -0.2) is 17.4 Å². The summed E-state index contributed by atoms with van der Waals surface area (Å²) in [7, 11) is 0. The van der Waals surface area contributed by atoms with E-state index in [1.807, 2.05) is 0 Å². The van der Waals surface area contributed by atoms with E-state index in [-0.39, 0.29) is 5.78 Å². The van der Waals surface area contributed by atoms with Gasteiger partial charge < -0.3 is 4.79 Å². The van der Waals surface area contributed by atoms with Crippen LogP contribution in [0.5, 0.6) is 0 Å². The maximum atomic E-state index is 11.2. The van der Waals surface area contributed by atoms with Gasteiger partial charge in [-0.15, -0.1) is 0 Å². The third-order valence-corrected chi connectivity index (χ3v) is 2.11. The molecule has 0 heterocycles. The Labute approximate surface area is 75.5 Å². The molecule has 64 valence electrons. The Kier molecular flexibility index (Phi) is 4.57. The lowest BCUT2D eigenvalue weighted by Gasteiger charge is -2.13. The molecular formula is C8H13BrO2. The van der Waals surface area contributed by atoms with Crippen LogP contribution in [0.15, 0.2) is 0 Å². The fraction of sp³-hybridized carbons (Fsp3) is 0.750. The lowest BCUT2D eigenvalue weighted by Crippen LogP contribution is -2.25. The van der Waals surface area contributed by atoms with Crippen molar-refractivity contribution in [1.82, 2.24) is 0 Å². The van der Waals surface area contributed by atoms with Crippen LogP contribution in [0.2, 0.25) is 0 Å². The van der Waals surface area contributed by atoms with Crippen molar-refractivity contribution in [3.05, 3.63) is 0 Å². The quantitative estimate of drug-likeness (QED) is 0.404. The van der Waals surface area contributed by atoms with Gasteiger partial charge >= 0.3 is 0 Å². The molecule has 2 nitrogen and oxygen atoms in total. The van der Waals surface area contributed by atoms with Gasteiger partial charge in [-0.25, -0.2) is 0 Å². The Morgan fingerprint density at radius 3 is 2.45 bits per heavy atom. The second-order valence-corrected chi connectivity index (χ2v) is 3.85. The molecule has 0 aliphatic rings. The lowest BCUT2D eigenvalue weighted by molar-refractivity contribution is -0.132. The van der Waals surface area contributed by atoms with Crippen molar-refractivity contribution in [3.8, 4) is 0 Å². The van der Waals surface area contributed by atoms with Gasteiger partial charge in [0.25, 0.3) is 0 Å². The number of ketones is 1. The van der Waals surface area contributed by atoms with Crippen molar-refractivity contribution in [2.75, 3.05) is 5.33 Å². The molecule has 0 N–H and O–H groups in total. The van der Waals surface area contributed by atoms with E-state index in [0.717, 1.165) is 11.8 Å². The number of alkyl halides is 1. The minimum Gasteiger partial charge on any atom is -0.302 e. The maximum Gasteiger partial charge on any atom is 0.145 e. The highest BCUT2D eigenvalue weighted by molar-refractivity contribution is 9.09. The molecular weight excluding hydrogens is 208 g/mol. The van der Waals surface area contributed by atoms with E-state index in [1.165, 1.54) is 0 Å². The number of hydrogen-bond acceptors (Lipinski definition) is 2. The maximum absolute atomic E-state index is 11.2. The SMILES string of the molecule is CC(C)(C=O)C(=O)CCCBr. The van der Waals surface area contributed by atoms with Gasteiger partial charge in [-0.05, 0) is 20.3 Å². The second-order valence-electron chi connectivity index (χ2n) is 3.06. The normalized spacial score (nSPS) is 11.2. The van der Waals surface area contributed by atoms with E-state index in [2.05, 4.69) is 15.9 Å². The first kappa shape index (κ1) is 10.8. The number of carbonyl (C=O) groups excluding carboxylic acids is 2. The molecule has 0 aromatic carbocycles. The topological polar surface area (TPSA) is 34.1 Å². The molecule has 0 atom stereocenters. The summed E-state index contributed by atoms with van der Waals surface area (Å²) in [6, 6.07) is 0. The number of hydrogen-bond donors (Lipinski definition) is 0. The summed E-state index contributed by atoms with van der Waals surface area (Å²) in [5, 5.41) is 0.813. The van der Waals surface area contributed by atoms with Gasteiger partial charge in [-0.1, -0.05) is 15.9 Å². The zero-order valence-corrected chi connectivity index (χ0v) is 8.48. The van der Waals surface area contributed by atoms with E-state index < -0.39 is 5.41 Å². The van der Waals surface area contributed by atoms with Crippen molar-refractivity contribution in [3.63, 3.8) is 0 Å². The molecule has 0 bridgehead atoms. The molecule has 0 radical (unpaired) electrons. The minimum atomic E-state index is -0.790. The summed E-state index contributed by atoms with van der Waals surface area (Å²) in [5.74, 6) is 0.0203. The monoisotopic (exact) mass is 220 g/mol. The summed E-state index contributed by atoms with van der Waals surface area (Å²) in [6.07, 6.45) is 2.00. The van der Waals surface area contributed by atoms with Gasteiger partial charge in [0.05, 0.1) is 5.41 Å². The fourth-order valence-electron chi connectivity index (χ4n) is 0.615. The summed E-state index contributed by atoms with van der Waals surface area (Å²) in [4.78, 5) is 21.6. The second kappa shape index (κ2) is 4.65. The first-order chi connectivity index (χ1) is 5.04. The number of Topliss-reactive ketones (excluding diaryl/α,β-unsaturated/α-hetero) is 1. The summed E-state index contributed by atoms with van der Waals surface area (Å²) >= 11 is 3.23. The van der Waals surface area contributed by atoms with Gasteiger partial charge in [-0.2, -0.15) is 0 Å². The first-order valence-electron chi connectivity index (χ1n) is 3.60. The van der Waals surface area contributed by atoms with Crippen LogP contribution in [0.25, 0.3) is 0 Å². The average Bonchev–Trinajstić information content (AvgIpc) is 2.00. The smallest absolute Gasteiger partial charge is 0.145 e. The molecule has 11 heavy (non-hydrogen) atoms. The lowest BCUT2D eigenvalue weighted by atomic mass is 9.88. The van der Waals surface area contributed by atoms with E-state index >= 15 is 0 Å². The standard InChI is InChI=1S/C8H13BrO2/c1-8(2,6-10)7(11)4-3-5-9/h6H,3-5H2,1-2H3. The third-order valence-electron chi connectivity index (χ3n) is 1.55. The molecule has 0 aliphatic carbocycles. The van der Waals surface area contributed by atoms with Crippen molar-refractivity contribution < 1.29 is 9.59 Å². The summed E-state index contributed by atoms with van der Waals surface area (Å²) < 4.78 is 0. The van der Waals surface area contributed by atoms with Crippen molar-refractivity contribution >= 4 is 28.0 Å². The van der Waals surface area contributed by atoms with Crippen molar-refractivity contribution in [1.29, 1.82) is 0 Å². The fourth-order valence-corrected chi connectivity index (χ4v) is 0.896. The van der Waals surface area contributed by atoms with Gasteiger partial charge in [0, 0.05) is 11.8 Å². The molecule has 0 rings (SSSR count). The van der Waals surface area contributed by atoms with E-state index in [0.29, 0.717) is 12.7 Å². The highest BCUT2D eigenvalue weighted by atomic mass is 79.9. The predicted molar refractivity (Wildman–Crippen MR) is 47.9 cm³/mol. The van der Waals surface area contributed by atoms with Crippen LogP contribution < -0.4 is 0 Å². The van der Waals surface area contributed by atoms with Crippen molar-refractivity contribution in [2.24, 2.45) is 5.41 Å². The molecule has 0 fully saturated rings. The Hall–Kier alpha value is -0.180. The Morgan fingerprint density at radius 2 is 2.09 bits per heavy atom. The van der Waals surface area contributed by atoms with Crippen LogP contribution in [0.4, 0.5) is 0 Å². The molecule has 0 spiro atoms. The van der Waals surface area contributed by atoms with Crippen LogP contribution >= 0.6 is 15.9 Å². The van der Waals surface area contributed by atoms with Gasteiger partial charge in [-0.3, -0.25) is 4.79 Å². The number of aldehydes is 1. The molecule has 0 unspecified atom stereocenters. The third kappa shape index (κ3) is 3.65. The molecule has 0 aromatic heterocycles. The highest BCUT2D eigenvalue weighted by Crippen LogP contribution is 2.15. The molecule has 0 aliphatic heterocycles. The Balaban J connectivity index is 3.91. The van der Waals surface area contributed by atoms with E-state index in [1.54, 1.807) is 13.8 Å². The molecule has 3 heteroatoms. The van der Waals surface area contributed by atoms with Gasteiger partial charge in [0.1, 0.15) is 12.1 Å². The average molecular weight is 221 g/mol. The van der Waals surface area contributed by atoms with Gasteiger partial charge in [0.15, 0.2) is 0 Å². The predicted octanol–water partition coefficient (Wildman–Crippen LogP) is 1.96. The van der Waals surface area contributed by atoms with Crippen LogP contribution in [-0.2, 0) is 9.59 Å². The highest BCUT2D eigenvalue weighted by Gasteiger charge is 2.25. The van der Waals surface area contributed by atoms with Crippen LogP contribution in [0.3, 0.4) is 0 Å². The summed E-state index contributed by atoms with van der Waals surface area (Å²) in [5.41, 5.74) is -0.790. The number of halogens is 1. The number of carbonyl (C=O) groups is 2. The molecule has 0 saturated carbocycles. The molecule has 0 amide bonds. The van der Waals surface area contributed by atoms with Gasteiger partial charge in [0.2, 0.25) is 0 Å². The molecule has 0 saturated heterocycles. The zero-order valence-electron chi connectivity index (χ0n) is 6.89. The van der Waals surface area contributed by atoms with E-state index in [9.17, 15) is 9.59 Å². The van der Waals surface area contributed by atoms with Crippen molar-refractivity contribution in [2.45, 2.75) is 26.7 Å². The van der Waals surface area contributed by atoms with Crippen LogP contribution in [0.1, 0.15) is 26.7 Å². The van der Waals surface area contributed by atoms with Crippen LogP contribution in [0, 0.1) is 5.41 Å². The zero-order chi connectivity index (χ0) is 8.91. The Bertz CT molecular complexity index is 152. The largest absolute Gasteiger partial charge is 0.302 e. The molecule has 0 aromatic rings. The number of rotatable bonds is 5. The Morgan fingerprint density at radius 1 is 1.55 bits per heavy atom. The summed E-state index contributed by atoms with van der Waals surface area (Å²) in [6.45, 7) is 3.30.